The van der Waals surface area contributed by atoms with E-state index in [4.69, 9.17) is 5.73 Å². The Balaban J connectivity index is 2.65. The van der Waals surface area contributed by atoms with Gasteiger partial charge < -0.3 is 5.73 Å². The molecule has 0 fully saturated rings. The molecule has 0 aromatic carbocycles. The molecule has 4 heteroatoms. The molecule has 72 valence electrons. The Morgan fingerprint density at radius 1 is 1.46 bits per heavy atom. The first kappa shape index (κ1) is 9.92. The number of rotatable bonds is 4. The Morgan fingerprint density at radius 3 is 2.92 bits per heavy atom. The van der Waals surface area contributed by atoms with Crippen LogP contribution in [0.5, 0.6) is 0 Å². The summed E-state index contributed by atoms with van der Waals surface area (Å²) in [5.74, 6) is 0. The molecule has 13 heavy (non-hydrogen) atoms. The molecule has 1 aromatic rings. The van der Waals surface area contributed by atoms with Crippen molar-refractivity contribution in [3.8, 4) is 0 Å². The van der Waals surface area contributed by atoms with Gasteiger partial charge >= 0.3 is 0 Å². The predicted molar refractivity (Wildman–Crippen MR) is 51.5 cm³/mol. The summed E-state index contributed by atoms with van der Waals surface area (Å²) in [6, 6.07) is 3.27. The van der Waals surface area contributed by atoms with Crippen molar-refractivity contribution in [2.45, 2.75) is 26.3 Å². The molecule has 0 radical (unpaired) electrons. The average Bonchev–Trinajstić information content (AvgIpc) is 2.11. The van der Waals surface area contributed by atoms with Gasteiger partial charge in [-0.25, -0.2) is 4.68 Å². The second-order valence-corrected chi connectivity index (χ2v) is 3.03. The van der Waals surface area contributed by atoms with E-state index in [2.05, 4.69) is 5.10 Å². The van der Waals surface area contributed by atoms with Gasteiger partial charge in [0.15, 0.2) is 0 Å². The minimum atomic E-state index is -0.0392. The van der Waals surface area contributed by atoms with Crippen LogP contribution in [-0.2, 0) is 6.54 Å². The van der Waals surface area contributed by atoms with Crippen LogP contribution in [0.3, 0.4) is 0 Å². The van der Waals surface area contributed by atoms with Gasteiger partial charge in [-0.3, -0.25) is 4.79 Å². The van der Waals surface area contributed by atoms with Crippen molar-refractivity contribution in [3.05, 3.63) is 28.2 Å². The van der Waals surface area contributed by atoms with Gasteiger partial charge in [0.1, 0.15) is 0 Å². The lowest BCUT2D eigenvalue weighted by molar-refractivity contribution is 0.529. The summed E-state index contributed by atoms with van der Waals surface area (Å²) < 4.78 is 1.49. The van der Waals surface area contributed by atoms with E-state index in [1.54, 1.807) is 12.1 Å². The third kappa shape index (κ3) is 2.99. The van der Waals surface area contributed by atoms with Crippen molar-refractivity contribution in [3.63, 3.8) is 0 Å². The topological polar surface area (TPSA) is 60.9 Å². The minimum absolute atomic E-state index is 0.0392. The van der Waals surface area contributed by atoms with E-state index in [9.17, 15) is 4.79 Å². The normalized spacial score (nSPS) is 10.3. The molecule has 0 atom stereocenters. The Hall–Kier alpha value is -1.16. The number of hydrogen-bond donors (Lipinski definition) is 1. The highest BCUT2D eigenvalue weighted by Crippen LogP contribution is 1.91. The van der Waals surface area contributed by atoms with Crippen LogP contribution in [0.2, 0.25) is 0 Å². The van der Waals surface area contributed by atoms with Crippen LogP contribution in [-0.4, -0.2) is 16.3 Å². The monoisotopic (exact) mass is 181 g/mol. The SMILES string of the molecule is Cc1ccc(=O)n(CCCCN)n1. The van der Waals surface area contributed by atoms with Crippen LogP contribution >= 0.6 is 0 Å². The average molecular weight is 181 g/mol. The Morgan fingerprint density at radius 2 is 2.23 bits per heavy atom. The van der Waals surface area contributed by atoms with E-state index in [1.807, 2.05) is 6.92 Å². The molecule has 0 spiro atoms. The van der Waals surface area contributed by atoms with Gasteiger partial charge in [-0.2, -0.15) is 5.10 Å². The van der Waals surface area contributed by atoms with E-state index in [1.165, 1.54) is 4.68 Å². The van der Waals surface area contributed by atoms with E-state index in [0.29, 0.717) is 13.1 Å². The van der Waals surface area contributed by atoms with E-state index >= 15 is 0 Å². The first-order valence-electron chi connectivity index (χ1n) is 4.49. The van der Waals surface area contributed by atoms with Gasteiger partial charge in [-0.1, -0.05) is 0 Å². The van der Waals surface area contributed by atoms with Crippen LogP contribution in [0.4, 0.5) is 0 Å². The second-order valence-electron chi connectivity index (χ2n) is 3.03. The van der Waals surface area contributed by atoms with Gasteiger partial charge in [0, 0.05) is 12.6 Å². The zero-order chi connectivity index (χ0) is 9.68. The lowest BCUT2D eigenvalue weighted by atomic mass is 10.3. The zero-order valence-corrected chi connectivity index (χ0v) is 7.86. The Bertz CT molecular complexity index is 319. The summed E-state index contributed by atoms with van der Waals surface area (Å²) in [5, 5.41) is 4.11. The molecule has 0 saturated heterocycles. The van der Waals surface area contributed by atoms with Crippen molar-refractivity contribution in [2.24, 2.45) is 5.73 Å². The van der Waals surface area contributed by atoms with Crippen molar-refractivity contribution in [2.75, 3.05) is 6.54 Å². The molecule has 0 unspecified atom stereocenters. The van der Waals surface area contributed by atoms with Crippen molar-refractivity contribution < 1.29 is 0 Å². The molecule has 0 bridgehead atoms. The van der Waals surface area contributed by atoms with E-state index in [0.717, 1.165) is 18.5 Å². The molecule has 0 aliphatic rings. The molecule has 0 amide bonds. The first-order valence-corrected chi connectivity index (χ1v) is 4.49. The summed E-state index contributed by atoms with van der Waals surface area (Å²) in [5.41, 5.74) is 6.18. The fourth-order valence-electron chi connectivity index (χ4n) is 1.12. The summed E-state index contributed by atoms with van der Waals surface area (Å²) in [7, 11) is 0. The highest BCUT2D eigenvalue weighted by atomic mass is 16.1. The molecule has 0 aliphatic carbocycles. The third-order valence-corrected chi connectivity index (χ3v) is 1.82. The third-order valence-electron chi connectivity index (χ3n) is 1.82. The summed E-state index contributed by atoms with van der Waals surface area (Å²) in [4.78, 5) is 11.2. The number of aryl methyl sites for hydroxylation is 2. The lowest BCUT2D eigenvalue weighted by Crippen LogP contribution is -2.22. The molecule has 4 nitrogen and oxygen atoms in total. The maximum Gasteiger partial charge on any atom is 0.266 e. The quantitative estimate of drug-likeness (QED) is 0.679. The Kier molecular flexibility index (Phi) is 3.64. The molecule has 1 heterocycles. The molecule has 0 aliphatic heterocycles. The first-order chi connectivity index (χ1) is 6.24. The van der Waals surface area contributed by atoms with Crippen molar-refractivity contribution >= 4 is 0 Å². The van der Waals surface area contributed by atoms with Crippen LogP contribution in [0.25, 0.3) is 0 Å². The van der Waals surface area contributed by atoms with Crippen molar-refractivity contribution in [1.82, 2.24) is 9.78 Å². The predicted octanol–water partition coefficient (Wildman–Crippen LogP) is 0.291. The number of unbranched alkanes of at least 4 members (excludes halogenated alkanes) is 1. The van der Waals surface area contributed by atoms with Crippen molar-refractivity contribution in [1.29, 1.82) is 0 Å². The van der Waals surface area contributed by atoms with Gasteiger partial charge in [-0.05, 0) is 32.4 Å². The number of hydrogen-bond acceptors (Lipinski definition) is 3. The smallest absolute Gasteiger partial charge is 0.266 e. The van der Waals surface area contributed by atoms with Crippen LogP contribution in [0, 0.1) is 6.92 Å². The fraction of sp³-hybridized carbons (Fsp3) is 0.556. The maximum atomic E-state index is 11.2. The molecule has 1 rings (SSSR count). The zero-order valence-electron chi connectivity index (χ0n) is 7.86. The Labute approximate surface area is 77.4 Å². The van der Waals surface area contributed by atoms with Crippen LogP contribution < -0.4 is 11.3 Å². The van der Waals surface area contributed by atoms with Crippen LogP contribution in [0.1, 0.15) is 18.5 Å². The number of nitrogens with zero attached hydrogens (tertiary/aromatic N) is 2. The lowest BCUT2D eigenvalue weighted by Gasteiger charge is -2.03. The highest BCUT2D eigenvalue weighted by molar-refractivity contribution is 4.96. The summed E-state index contributed by atoms with van der Waals surface area (Å²) in [6.07, 6.45) is 1.84. The fourth-order valence-corrected chi connectivity index (χ4v) is 1.12. The van der Waals surface area contributed by atoms with Gasteiger partial charge in [0.05, 0.1) is 5.69 Å². The molecule has 0 saturated carbocycles. The van der Waals surface area contributed by atoms with E-state index in [-0.39, 0.29) is 5.56 Å². The molecule has 2 N–H and O–H groups in total. The van der Waals surface area contributed by atoms with Crippen LogP contribution in [0.15, 0.2) is 16.9 Å². The largest absolute Gasteiger partial charge is 0.330 e. The minimum Gasteiger partial charge on any atom is -0.330 e. The molecular formula is C9H15N3O. The standard InChI is InChI=1S/C9H15N3O/c1-8-4-5-9(13)12(11-8)7-3-2-6-10/h4-5H,2-3,6-7,10H2,1H3. The second kappa shape index (κ2) is 4.77. The van der Waals surface area contributed by atoms with Gasteiger partial charge in [-0.15, -0.1) is 0 Å². The van der Waals surface area contributed by atoms with Gasteiger partial charge in [0.25, 0.3) is 5.56 Å². The van der Waals surface area contributed by atoms with Gasteiger partial charge in [0.2, 0.25) is 0 Å². The molecule has 1 aromatic heterocycles. The number of nitrogens with two attached hydrogens (primary N) is 1. The maximum absolute atomic E-state index is 11.2. The summed E-state index contributed by atoms with van der Waals surface area (Å²) >= 11 is 0. The highest BCUT2D eigenvalue weighted by Gasteiger charge is 1.96. The summed E-state index contributed by atoms with van der Waals surface area (Å²) in [6.45, 7) is 3.21. The number of aromatic nitrogens is 2. The molecular weight excluding hydrogens is 166 g/mol. The van der Waals surface area contributed by atoms with E-state index < -0.39 is 0 Å².